The van der Waals surface area contributed by atoms with E-state index in [1.165, 1.54) is 120 Å². The molecule has 284 valence electrons. The largest absolute Gasteiger partial charge is 0.454 e. The van der Waals surface area contributed by atoms with Crippen LogP contribution in [0.1, 0.15) is 93.7 Å². The van der Waals surface area contributed by atoms with Crippen LogP contribution in [-0.2, 0) is 16.2 Å². The van der Waals surface area contributed by atoms with E-state index in [4.69, 9.17) is 4.42 Å². The Balaban J connectivity index is 1.20. The van der Waals surface area contributed by atoms with Crippen LogP contribution in [0, 0.1) is 0 Å². The minimum atomic E-state index is -0.485. The Bertz CT molecular complexity index is 3190. The fourth-order valence-corrected chi connectivity index (χ4v) is 13.6. The number of benzene rings is 7. The van der Waals surface area contributed by atoms with Gasteiger partial charge in [-0.1, -0.05) is 150 Å². The van der Waals surface area contributed by atoms with Gasteiger partial charge in [0.25, 0.3) is 0 Å². The molecule has 1 spiro atoms. The monoisotopic (exact) mass is 760 g/mol. The molecule has 0 bridgehead atoms. The summed E-state index contributed by atoms with van der Waals surface area (Å²) in [5, 5.41) is 2.37. The molecule has 2 unspecified atom stereocenters. The van der Waals surface area contributed by atoms with E-state index in [9.17, 15) is 0 Å². The third-order valence-corrected chi connectivity index (χ3v) is 16.3. The van der Waals surface area contributed by atoms with E-state index in [1.807, 2.05) is 0 Å². The van der Waals surface area contributed by atoms with Gasteiger partial charge in [-0.05, 0) is 110 Å². The molecule has 1 aromatic heterocycles. The van der Waals surface area contributed by atoms with Crippen LogP contribution >= 0.6 is 0 Å². The van der Waals surface area contributed by atoms with Crippen LogP contribution in [0.2, 0.25) is 0 Å². The summed E-state index contributed by atoms with van der Waals surface area (Å²) in [6, 6.07) is 51.4. The molecule has 0 amide bonds. The van der Waals surface area contributed by atoms with Crippen molar-refractivity contribution < 1.29 is 4.42 Å². The van der Waals surface area contributed by atoms with E-state index in [0.717, 1.165) is 11.2 Å². The van der Waals surface area contributed by atoms with Crippen molar-refractivity contribution in [2.45, 2.75) is 82.1 Å². The fourth-order valence-electron chi connectivity index (χ4n) is 13.6. The van der Waals surface area contributed by atoms with Gasteiger partial charge in [-0.25, -0.2) is 0 Å². The smallest absolute Gasteiger partial charge is 0.329 e. The van der Waals surface area contributed by atoms with Gasteiger partial charge in [0.15, 0.2) is 5.58 Å². The summed E-state index contributed by atoms with van der Waals surface area (Å²) in [6.07, 6.45) is 4.88. The van der Waals surface area contributed by atoms with Crippen LogP contribution in [-0.4, -0.2) is 12.4 Å². The highest BCUT2D eigenvalue weighted by Gasteiger charge is 2.64. The molecule has 7 aromatic carbocycles. The highest BCUT2D eigenvalue weighted by molar-refractivity contribution is 6.93. The first-order chi connectivity index (χ1) is 28.7. The standard InChI is InChI=1S/C55H45BN2O/c1-52(2,3)32-29-37-36-31-38-35-19-8-13-26-46(35)59-51(38)50-47(36)56(58-48(37)43(30-32)53(4)27-14-15-28-54(53,58)5)44-24-16-23-42-49(44)57(50)45-25-12-11-22-41(45)55(42)39-20-9-6-17-33(39)34-18-7-10-21-40(34)55/h6-13,16-26,29-31H,14-15,27-28H2,1-5H3. The number of furan rings is 1. The van der Waals surface area contributed by atoms with Crippen molar-refractivity contribution in [3.63, 3.8) is 0 Å². The van der Waals surface area contributed by atoms with Gasteiger partial charge < -0.3 is 14.1 Å². The van der Waals surface area contributed by atoms with Crippen molar-refractivity contribution in [2.24, 2.45) is 0 Å². The number of para-hydroxylation sites is 3. The molecule has 5 heterocycles. The number of hydrogen-bond acceptors (Lipinski definition) is 3. The average Bonchev–Trinajstić information content (AvgIpc) is 3.84. The Morgan fingerprint density at radius 3 is 2.03 bits per heavy atom. The topological polar surface area (TPSA) is 19.6 Å². The van der Waals surface area contributed by atoms with Crippen LogP contribution in [0.3, 0.4) is 0 Å². The second kappa shape index (κ2) is 10.4. The minimum Gasteiger partial charge on any atom is -0.454 e. The van der Waals surface area contributed by atoms with Crippen molar-refractivity contribution in [2.75, 3.05) is 9.71 Å². The molecule has 4 heteroatoms. The molecule has 2 atom stereocenters. The van der Waals surface area contributed by atoms with Crippen molar-refractivity contribution in [1.29, 1.82) is 0 Å². The Morgan fingerprint density at radius 1 is 0.576 bits per heavy atom. The molecule has 0 N–H and O–H groups in total. The summed E-state index contributed by atoms with van der Waals surface area (Å²) >= 11 is 0. The lowest BCUT2D eigenvalue weighted by atomic mass is 9.41. The number of nitrogens with zero attached hydrogens (tertiary/aromatic N) is 2. The van der Waals surface area contributed by atoms with Crippen molar-refractivity contribution in [3.8, 4) is 22.3 Å². The van der Waals surface area contributed by atoms with Gasteiger partial charge in [0.05, 0.1) is 16.8 Å². The van der Waals surface area contributed by atoms with E-state index >= 15 is 0 Å². The second-order valence-electron chi connectivity index (χ2n) is 19.9. The Labute approximate surface area is 346 Å². The number of rotatable bonds is 0. The molecule has 0 radical (unpaired) electrons. The molecule has 14 rings (SSSR count). The van der Waals surface area contributed by atoms with Crippen molar-refractivity contribution >= 4 is 62.5 Å². The predicted octanol–water partition coefficient (Wildman–Crippen LogP) is 12.5. The van der Waals surface area contributed by atoms with Crippen LogP contribution < -0.4 is 20.6 Å². The lowest BCUT2D eigenvalue weighted by molar-refractivity contribution is 0.199. The van der Waals surface area contributed by atoms with Crippen molar-refractivity contribution in [3.05, 3.63) is 167 Å². The molecule has 0 saturated heterocycles. The third-order valence-electron chi connectivity index (χ3n) is 16.3. The average molecular weight is 761 g/mol. The first-order valence-electron chi connectivity index (χ1n) is 21.9. The highest BCUT2D eigenvalue weighted by Crippen LogP contribution is 2.67. The number of hydrogen-bond donors (Lipinski definition) is 0. The summed E-state index contributed by atoms with van der Waals surface area (Å²) in [5.41, 5.74) is 23.2. The first kappa shape index (κ1) is 32.9. The number of fused-ring (bicyclic) bond motifs is 20. The zero-order chi connectivity index (χ0) is 39.4. The molecule has 6 aliphatic rings. The van der Waals surface area contributed by atoms with Gasteiger partial charge in [-0.2, -0.15) is 0 Å². The summed E-state index contributed by atoms with van der Waals surface area (Å²) < 4.78 is 7.22. The summed E-state index contributed by atoms with van der Waals surface area (Å²) in [4.78, 5) is 5.63. The summed E-state index contributed by atoms with van der Waals surface area (Å²) in [5.74, 6) is 0. The molecular formula is C55H45BN2O. The van der Waals surface area contributed by atoms with Crippen LogP contribution in [0.4, 0.5) is 22.7 Å². The highest BCUT2D eigenvalue weighted by atomic mass is 16.3. The van der Waals surface area contributed by atoms with Gasteiger partial charge in [0, 0.05) is 38.7 Å². The molecule has 3 nitrogen and oxygen atoms in total. The summed E-state index contributed by atoms with van der Waals surface area (Å²) in [6.45, 7) is 12.4. The minimum absolute atomic E-state index is 0.000772. The Kier molecular flexibility index (Phi) is 5.81. The fraction of sp³-hybridized carbons (Fsp3) is 0.236. The Morgan fingerprint density at radius 2 is 1.25 bits per heavy atom. The quantitative estimate of drug-likeness (QED) is 0.144. The lowest BCUT2D eigenvalue weighted by Crippen LogP contribution is -2.71. The van der Waals surface area contributed by atoms with E-state index in [0.29, 0.717) is 0 Å². The lowest BCUT2D eigenvalue weighted by Gasteiger charge is -2.56. The maximum atomic E-state index is 7.22. The molecule has 1 fully saturated rings. The maximum absolute atomic E-state index is 7.22. The molecule has 4 aliphatic heterocycles. The molecule has 59 heavy (non-hydrogen) atoms. The Hall–Kier alpha value is -6.00. The van der Waals surface area contributed by atoms with Crippen LogP contribution in [0.25, 0.3) is 44.2 Å². The van der Waals surface area contributed by atoms with Crippen LogP contribution in [0.15, 0.2) is 138 Å². The second-order valence-corrected chi connectivity index (χ2v) is 19.9. The van der Waals surface area contributed by atoms with Gasteiger partial charge in [0.2, 0.25) is 0 Å². The number of anilines is 4. The van der Waals surface area contributed by atoms with E-state index in [-0.39, 0.29) is 23.2 Å². The van der Waals surface area contributed by atoms with Crippen LogP contribution in [0.5, 0.6) is 0 Å². The normalized spacial score (nSPS) is 21.9. The summed E-state index contributed by atoms with van der Waals surface area (Å²) in [7, 11) is 0. The van der Waals surface area contributed by atoms with E-state index in [2.05, 4.69) is 178 Å². The SMILES string of the molecule is CC(C)(C)c1cc2c3c(c1)C1(C)CCCCC1(C)N3B1c3cccc4c3N(c3ccccc3C43c4ccccc4-c4ccccc43)c3c1c-2cc1c3oc2ccccc21. The van der Waals surface area contributed by atoms with Gasteiger partial charge in [0.1, 0.15) is 5.58 Å². The third kappa shape index (κ3) is 3.53. The van der Waals surface area contributed by atoms with Gasteiger partial charge in [-0.15, -0.1) is 0 Å². The first-order valence-corrected chi connectivity index (χ1v) is 21.9. The molecule has 8 aromatic rings. The van der Waals surface area contributed by atoms with Gasteiger partial charge >= 0.3 is 6.85 Å². The molecule has 1 saturated carbocycles. The maximum Gasteiger partial charge on any atom is 0.329 e. The van der Waals surface area contributed by atoms with Crippen molar-refractivity contribution in [1.82, 2.24) is 0 Å². The van der Waals surface area contributed by atoms with E-state index < -0.39 is 5.41 Å². The zero-order valence-corrected chi connectivity index (χ0v) is 34.4. The zero-order valence-electron chi connectivity index (χ0n) is 34.4. The predicted molar refractivity (Wildman–Crippen MR) is 245 cm³/mol. The van der Waals surface area contributed by atoms with E-state index in [1.54, 1.807) is 5.56 Å². The van der Waals surface area contributed by atoms with Gasteiger partial charge in [-0.3, -0.25) is 0 Å². The molecule has 2 aliphatic carbocycles. The molecular weight excluding hydrogens is 715 g/mol.